The number of carbonyl (C=O) groups excluding carboxylic acids is 1. The molecule has 9 heteroatoms. The minimum atomic E-state index is -1.20. The summed E-state index contributed by atoms with van der Waals surface area (Å²) in [6, 6.07) is -2.19. The average Bonchev–Trinajstić information content (AvgIpc) is 2.67. The Hall–Kier alpha value is -2.13. The van der Waals surface area contributed by atoms with E-state index >= 15 is 0 Å². The first-order valence-electron chi connectivity index (χ1n) is 10.2. The summed E-state index contributed by atoms with van der Waals surface area (Å²) in [4.78, 5) is 31.5. The zero-order chi connectivity index (χ0) is 22.1. The van der Waals surface area contributed by atoms with Crippen molar-refractivity contribution in [2.75, 3.05) is 0 Å². The van der Waals surface area contributed by atoms with Crippen molar-refractivity contribution in [1.29, 1.82) is 0 Å². The van der Waals surface area contributed by atoms with Crippen molar-refractivity contribution in [3.05, 3.63) is 44.5 Å². The molecule has 0 radical (unpaired) electrons. The van der Waals surface area contributed by atoms with Crippen molar-refractivity contribution in [1.82, 2.24) is 0 Å². The number of aliphatic hydroxyl groups excluding tert-OH is 2. The number of aliphatic hydroxyl groups is 2. The summed E-state index contributed by atoms with van der Waals surface area (Å²) in [7, 11) is 0. The molecule has 0 saturated heterocycles. The van der Waals surface area contributed by atoms with E-state index in [1.807, 2.05) is 6.92 Å². The second kappa shape index (κ2) is 16.8. The van der Waals surface area contributed by atoms with E-state index in [-0.39, 0.29) is 19.3 Å². The molecule has 0 amide bonds. The smallest absolute Gasteiger partial charge is 0.242 e. The van der Waals surface area contributed by atoms with E-state index in [2.05, 4.69) is 0 Å². The molecule has 0 aromatic heterocycles. The number of carbonyl (C=O) groups is 1. The molecule has 9 nitrogen and oxygen atoms in total. The number of unbranched alkanes of at least 4 members (excludes halogenated alkanes) is 4. The molecule has 166 valence electrons. The molecule has 4 unspecified atom stereocenters. The molecule has 0 aliphatic rings. The van der Waals surface area contributed by atoms with Crippen LogP contribution in [0.3, 0.4) is 0 Å². The van der Waals surface area contributed by atoms with Gasteiger partial charge in [-0.05, 0) is 32.1 Å². The van der Waals surface area contributed by atoms with E-state index in [0.29, 0.717) is 32.1 Å². The number of hydrogen-bond acceptors (Lipinski definition) is 7. The normalized spacial score (nSPS) is 16.0. The lowest BCUT2D eigenvalue weighted by molar-refractivity contribution is -0.535. The Balaban J connectivity index is 4.48. The summed E-state index contributed by atoms with van der Waals surface area (Å²) in [5.41, 5.74) is 0. The van der Waals surface area contributed by atoms with Crippen LogP contribution in [0.5, 0.6) is 0 Å². The Morgan fingerprint density at radius 1 is 0.793 bits per heavy atom. The highest BCUT2D eigenvalue weighted by atomic mass is 16.6. The van der Waals surface area contributed by atoms with Crippen molar-refractivity contribution in [3.63, 3.8) is 0 Å². The van der Waals surface area contributed by atoms with E-state index < -0.39 is 34.1 Å². The van der Waals surface area contributed by atoms with Crippen LogP contribution >= 0.6 is 0 Å². The molecule has 0 fully saturated rings. The molecule has 0 bridgehead atoms. The Kier molecular flexibility index (Phi) is 15.6. The lowest BCUT2D eigenvalue weighted by Crippen LogP contribution is -2.33. The number of rotatable bonds is 18. The molecular weight excluding hydrogens is 380 g/mol. The van der Waals surface area contributed by atoms with Gasteiger partial charge in [-0.1, -0.05) is 44.1 Å². The summed E-state index contributed by atoms with van der Waals surface area (Å²) >= 11 is 0. The van der Waals surface area contributed by atoms with Crippen molar-refractivity contribution in [2.45, 2.75) is 95.4 Å². The van der Waals surface area contributed by atoms with Crippen molar-refractivity contribution in [3.8, 4) is 0 Å². The van der Waals surface area contributed by atoms with Crippen molar-refractivity contribution < 1.29 is 24.9 Å². The Labute approximate surface area is 171 Å². The fourth-order valence-electron chi connectivity index (χ4n) is 2.88. The highest BCUT2D eigenvalue weighted by Crippen LogP contribution is 2.14. The van der Waals surface area contributed by atoms with Crippen LogP contribution in [0.25, 0.3) is 0 Å². The first-order chi connectivity index (χ1) is 13.8. The largest absolute Gasteiger partial charge is 0.386 e. The van der Waals surface area contributed by atoms with E-state index in [1.54, 1.807) is 12.2 Å². The van der Waals surface area contributed by atoms with Gasteiger partial charge < -0.3 is 15.0 Å². The molecule has 0 aliphatic carbocycles. The van der Waals surface area contributed by atoms with E-state index in [9.17, 15) is 35.2 Å². The Morgan fingerprint density at radius 2 is 1.34 bits per heavy atom. The van der Waals surface area contributed by atoms with Crippen LogP contribution in [0.4, 0.5) is 0 Å². The zero-order valence-electron chi connectivity index (χ0n) is 17.1. The van der Waals surface area contributed by atoms with E-state index in [0.717, 1.165) is 19.1 Å². The molecule has 0 heterocycles. The number of allylic oxidation sites excluding steroid dienone is 1. The molecular formula is C20H34N2O7. The standard InChI is InChI=1S/C20H34N2O7/c1-2-3-7-12-17(21(26)27)19(24)14-9-10-15-20(25)18(22(28)29)13-8-5-4-6-11-16-23/h5,8-10,16-20,24-25H,2-4,6-7,11-15H2,1H3/b8-5-,10-9-. The lowest BCUT2D eigenvalue weighted by atomic mass is 10.0. The highest BCUT2D eigenvalue weighted by Gasteiger charge is 2.29. The van der Waals surface area contributed by atoms with Gasteiger partial charge in [-0.25, -0.2) is 0 Å². The number of nitro groups is 2. The molecule has 0 aromatic carbocycles. The van der Waals surface area contributed by atoms with Gasteiger partial charge in [0.2, 0.25) is 12.1 Å². The maximum Gasteiger partial charge on any atom is 0.242 e. The predicted octanol–water partition coefficient (Wildman–Crippen LogP) is 3.23. The molecule has 0 aliphatic heterocycles. The third kappa shape index (κ3) is 12.8. The number of nitrogens with zero attached hydrogens (tertiary/aromatic N) is 2. The van der Waals surface area contributed by atoms with E-state index in [1.165, 1.54) is 12.2 Å². The van der Waals surface area contributed by atoms with Gasteiger partial charge >= 0.3 is 0 Å². The second-order valence-corrected chi connectivity index (χ2v) is 7.08. The van der Waals surface area contributed by atoms with Crippen LogP contribution in [0.15, 0.2) is 24.3 Å². The number of aldehydes is 1. The maximum atomic E-state index is 11.2. The minimum Gasteiger partial charge on any atom is -0.386 e. The molecule has 0 spiro atoms. The first-order valence-corrected chi connectivity index (χ1v) is 10.2. The van der Waals surface area contributed by atoms with Gasteiger partial charge in [0.1, 0.15) is 18.5 Å². The van der Waals surface area contributed by atoms with Crippen molar-refractivity contribution in [2.24, 2.45) is 0 Å². The molecule has 0 rings (SSSR count). The van der Waals surface area contributed by atoms with Gasteiger partial charge in [0, 0.05) is 29.1 Å². The lowest BCUT2D eigenvalue weighted by Gasteiger charge is -2.15. The minimum absolute atomic E-state index is 0.0241. The number of hydrogen-bond donors (Lipinski definition) is 2. The maximum absolute atomic E-state index is 11.2. The third-order valence-corrected chi connectivity index (χ3v) is 4.69. The fourth-order valence-corrected chi connectivity index (χ4v) is 2.88. The third-order valence-electron chi connectivity index (χ3n) is 4.69. The second-order valence-electron chi connectivity index (χ2n) is 7.08. The van der Waals surface area contributed by atoms with Crippen LogP contribution < -0.4 is 0 Å². The molecule has 2 N–H and O–H groups in total. The quantitative estimate of drug-likeness (QED) is 0.115. The van der Waals surface area contributed by atoms with Gasteiger partial charge in [-0.2, -0.15) is 0 Å². The average molecular weight is 414 g/mol. The topological polar surface area (TPSA) is 144 Å². The molecule has 4 atom stereocenters. The highest BCUT2D eigenvalue weighted by molar-refractivity contribution is 5.49. The molecule has 29 heavy (non-hydrogen) atoms. The van der Waals surface area contributed by atoms with Crippen LogP contribution in [0.1, 0.15) is 71.1 Å². The summed E-state index contributed by atoms with van der Waals surface area (Å²) < 4.78 is 0. The van der Waals surface area contributed by atoms with Gasteiger partial charge in [0.15, 0.2) is 0 Å². The van der Waals surface area contributed by atoms with Crippen LogP contribution in [-0.2, 0) is 4.79 Å². The fraction of sp³-hybridized carbons (Fsp3) is 0.750. The van der Waals surface area contributed by atoms with Crippen LogP contribution in [0.2, 0.25) is 0 Å². The van der Waals surface area contributed by atoms with Gasteiger partial charge in [-0.15, -0.1) is 0 Å². The van der Waals surface area contributed by atoms with Gasteiger partial charge in [-0.3, -0.25) is 20.2 Å². The Bertz CT molecular complexity index is 537. The van der Waals surface area contributed by atoms with Crippen molar-refractivity contribution >= 4 is 6.29 Å². The SMILES string of the molecule is CCCCCC(C(O)C/C=C\CC(O)C(C/C=C\CCCC=O)[N+](=O)[O-])[N+](=O)[O-]. The summed E-state index contributed by atoms with van der Waals surface area (Å²) in [5, 5.41) is 42.4. The summed E-state index contributed by atoms with van der Waals surface area (Å²) in [6.07, 6.45) is 9.63. The Morgan fingerprint density at radius 3 is 1.86 bits per heavy atom. The van der Waals surface area contributed by atoms with Crippen LogP contribution in [-0.4, -0.2) is 50.6 Å². The molecule has 0 saturated carbocycles. The summed E-state index contributed by atoms with van der Waals surface area (Å²) in [5.74, 6) is 0. The monoisotopic (exact) mass is 414 g/mol. The zero-order valence-corrected chi connectivity index (χ0v) is 17.1. The van der Waals surface area contributed by atoms with Gasteiger partial charge in [0.05, 0.1) is 0 Å². The molecule has 0 aromatic rings. The summed E-state index contributed by atoms with van der Waals surface area (Å²) in [6.45, 7) is 1.99. The van der Waals surface area contributed by atoms with E-state index in [4.69, 9.17) is 0 Å². The van der Waals surface area contributed by atoms with Gasteiger partial charge in [0.25, 0.3) is 0 Å². The first kappa shape index (κ1) is 26.9. The predicted molar refractivity (Wildman–Crippen MR) is 110 cm³/mol. The van der Waals surface area contributed by atoms with Crippen LogP contribution in [0, 0.1) is 20.2 Å².